The Kier molecular flexibility index (Phi) is 5.58. The third-order valence-corrected chi connectivity index (χ3v) is 2.97. The Bertz CT molecular complexity index is 220. The monoisotopic (exact) mass is 225 g/mol. The molecular formula is C15H31N. The average Bonchev–Trinajstić information content (AvgIpc) is 1.99. The van der Waals surface area contributed by atoms with Crippen LogP contribution in [0.1, 0.15) is 62.3 Å². The Morgan fingerprint density at radius 2 is 1.25 bits per heavy atom. The summed E-state index contributed by atoms with van der Waals surface area (Å²) in [6.45, 7) is 20.5. The highest BCUT2D eigenvalue weighted by Crippen LogP contribution is 2.32. The topological polar surface area (TPSA) is 3.24 Å². The molecule has 0 aromatic rings. The molecule has 0 spiro atoms. The van der Waals surface area contributed by atoms with Crippen LogP contribution in [0.4, 0.5) is 0 Å². The van der Waals surface area contributed by atoms with E-state index in [2.05, 4.69) is 73.4 Å². The highest BCUT2D eigenvalue weighted by atomic mass is 15.2. The van der Waals surface area contributed by atoms with Crippen LogP contribution < -0.4 is 0 Å². The van der Waals surface area contributed by atoms with Crippen LogP contribution in [0.25, 0.3) is 0 Å². The maximum Gasteiger partial charge on any atom is 0.0230 e. The van der Waals surface area contributed by atoms with E-state index in [9.17, 15) is 0 Å². The number of hydrogen-bond donors (Lipinski definition) is 0. The molecule has 0 aliphatic carbocycles. The van der Waals surface area contributed by atoms with E-state index in [0.29, 0.717) is 18.0 Å². The lowest BCUT2D eigenvalue weighted by molar-refractivity contribution is 0.246. The Balaban J connectivity index is 5.18. The summed E-state index contributed by atoms with van der Waals surface area (Å²) in [6.07, 6.45) is 2.39. The first kappa shape index (κ1) is 15.5. The Morgan fingerprint density at radius 1 is 0.875 bits per heavy atom. The molecular weight excluding hydrogens is 194 g/mol. The first-order valence-electron chi connectivity index (χ1n) is 6.57. The molecule has 0 fully saturated rings. The van der Waals surface area contributed by atoms with Crippen molar-refractivity contribution in [1.82, 2.24) is 4.90 Å². The van der Waals surface area contributed by atoms with Crippen LogP contribution in [0.3, 0.4) is 0 Å². The van der Waals surface area contributed by atoms with Gasteiger partial charge in [-0.1, -0.05) is 34.6 Å². The summed E-state index contributed by atoms with van der Waals surface area (Å²) >= 11 is 0. The summed E-state index contributed by atoms with van der Waals surface area (Å²) < 4.78 is 0. The molecule has 0 rings (SSSR count). The number of hydrogen-bond acceptors (Lipinski definition) is 1. The minimum atomic E-state index is 0.260. The fourth-order valence-electron chi connectivity index (χ4n) is 2.26. The van der Waals surface area contributed by atoms with Gasteiger partial charge in [-0.2, -0.15) is 0 Å². The van der Waals surface area contributed by atoms with Crippen LogP contribution >= 0.6 is 0 Å². The first-order chi connectivity index (χ1) is 7.07. The van der Waals surface area contributed by atoms with Gasteiger partial charge >= 0.3 is 0 Å². The standard InChI is InChI=1S/C15H31N/c1-11(2)14(15(7,8)9)10-16(12(3)4)13(5)6/h10-13H,1-9H3/b14-10+. The van der Waals surface area contributed by atoms with Crippen molar-refractivity contribution in [2.45, 2.75) is 74.4 Å². The molecule has 0 unspecified atom stereocenters. The zero-order valence-corrected chi connectivity index (χ0v) is 12.8. The highest BCUT2D eigenvalue weighted by Gasteiger charge is 2.22. The van der Waals surface area contributed by atoms with Gasteiger partial charge in [0.25, 0.3) is 0 Å². The molecule has 0 bridgehead atoms. The molecule has 0 saturated heterocycles. The second-order valence-electron chi connectivity index (χ2n) is 6.62. The predicted octanol–water partition coefficient (Wildman–Crippen LogP) is 4.69. The van der Waals surface area contributed by atoms with Gasteiger partial charge in [0.1, 0.15) is 0 Å². The SMILES string of the molecule is CC(C)/C(=C\N(C(C)C)C(C)C)C(C)(C)C. The Morgan fingerprint density at radius 3 is 1.44 bits per heavy atom. The molecule has 1 nitrogen and oxygen atoms in total. The van der Waals surface area contributed by atoms with E-state index in [1.807, 2.05) is 0 Å². The molecule has 0 saturated carbocycles. The molecule has 0 aromatic carbocycles. The van der Waals surface area contributed by atoms with Crippen molar-refractivity contribution < 1.29 is 0 Å². The molecule has 0 N–H and O–H groups in total. The van der Waals surface area contributed by atoms with Crippen molar-refractivity contribution >= 4 is 0 Å². The van der Waals surface area contributed by atoms with Crippen LogP contribution in [-0.4, -0.2) is 17.0 Å². The summed E-state index contributed by atoms with van der Waals surface area (Å²) in [5, 5.41) is 0. The lowest BCUT2D eigenvalue weighted by Crippen LogP contribution is -2.34. The fraction of sp³-hybridized carbons (Fsp3) is 0.867. The minimum absolute atomic E-state index is 0.260. The third kappa shape index (κ3) is 4.59. The average molecular weight is 225 g/mol. The van der Waals surface area contributed by atoms with Crippen molar-refractivity contribution in [3.63, 3.8) is 0 Å². The molecule has 0 radical (unpaired) electrons. The molecule has 0 amide bonds. The summed E-state index contributed by atoms with van der Waals surface area (Å²) in [5.74, 6) is 0.611. The Hall–Kier alpha value is -0.460. The smallest absolute Gasteiger partial charge is 0.0230 e. The van der Waals surface area contributed by atoms with Gasteiger partial charge in [0.15, 0.2) is 0 Å². The molecule has 0 aliphatic heterocycles. The van der Waals surface area contributed by atoms with Gasteiger partial charge in [0.05, 0.1) is 0 Å². The first-order valence-corrected chi connectivity index (χ1v) is 6.57. The van der Waals surface area contributed by atoms with E-state index < -0.39 is 0 Å². The van der Waals surface area contributed by atoms with Gasteiger partial charge in [-0.3, -0.25) is 0 Å². The molecule has 0 aromatic heterocycles. The van der Waals surface area contributed by atoms with Crippen LogP contribution in [0.5, 0.6) is 0 Å². The van der Waals surface area contributed by atoms with Crippen molar-refractivity contribution in [2.75, 3.05) is 0 Å². The van der Waals surface area contributed by atoms with Gasteiger partial charge in [-0.05, 0) is 50.8 Å². The van der Waals surface area contributed by atoms with Crippen LogP contribution in [0.2, 0.25) is 0 Å². The van der Waals surface area contributed by atoms with Gasteiger partial charge in [0, 0.05) is 12.1 Å². The van der Waals surface area contributed by atoms with E-state index in [-0.39, 0.29) is 5.41 Å². The molecule has 0 heterocycles. The lowest BCUT2D eigenvalue weighted by Gasteiger charge is -2.35. The molecule has 96 valence electrons. The number of rotatable bonds is 4. The van der Waals surface area contributed by atoms with Crippen molar-refractivity contribution in [2.24, 2.45) is 11.3 Å². The van der Waals surface area contributed by atoms with E-state index in [1.165, 1.54) is 5.57 Å². The molecule has 0 aliphatic rings. The van der Waals surface area contributed by atoms with Crippen molar-refractivity contribution in [1.29, 1.82) is 0 Å². The quantitative estimate of drug-likeness (QED) is 0.671. The lowest BCUT2D eigenvalue weighted by atomic mass is 9.80. The van der Waals surface area contributed by atoms with Gasteiger partial charge in [-0.25, -0.2) is 0 Å². The van der Waals surface area contributed by atoms with E-state index in [0.717, 1.165) is 0 Å². The maximum atomic E-state index is 2.46. The summed E-state index contributed by atoms with van der Waals surface area (Å²) in [4.78, 5) is 2.46. The second-order valence-corrected chi connectivity index (χ2v) is 6.62. The zero-order valence-electron chi connectivity index (χ0n) is 12.8. The van der Waals surface area contributed by atoms with E-state index in [1.54, 1.807) is 0 Å². The normalized spacial score (nSPS) is 14.1. The highest BCUT2D eigenvalue weighted by molar-refractivity contribution is 5.13. The van der Waals surface area contributed by atoms with Crippen LogP contribution in [-0.2, 0) is 0 Å². The minimum Gasteiger partial charge on any atom is -0.373 e. The molecule has 0 atom stereocenters. The second kappa shape index (κ2) is 5.75. The number of allylic oxidation sites excluding steroid dienone is 1. The summed E-state index contributed by atoms with van der Waals surface area (Å²) in [5.41, 5.74) is 1.80. The van der Waals surface area contributed by atoms with Crippen molar-refractivity contribution in [3.05, 3.63) is 11.8 Å². The third-order valence-electron chi connectivity index (χ3n) is 2.97. The summed E-state index contributed by atoms with van der Waals surface area (Å²) in [6, 6.07) is 1.13. The maximum absolute atomic E-state index is 2.46. The molecule has 1 heteroatoms. The van der Waals surface area contributed by atoms with Gasteiger partial charge in [0.2, 0.25) is 0 Å². The fourth-order valence-corrected chi connectivity index (χ4v) is 2.26. The van der Waals surface area contributed by atoms with Crippen molar-refractivity contribution in [3.8, 4) is 0 Å². The van der Waals surface area contributed by atoms with Crippen LogP contribution in [0, 0.1) is 11.3 Å². The summed E-state index contributed by atoms with van der Waals surface area (Å²) in [7, 11) is 0. The Labute approximate surface area is 103 Å². The predicted molar refractivity (Wildman–Crippen MR) is 74.5 cm³/mol. The number of nitrogens with zero attached hydrogens (tertiary/aromatic N) is 1. The molecule has 16 heavy (non-hydrogen) atoms. The zero-order chi connectivity index (χ0) is 13.1. The van der Waals surface area contributed by atoms with Gasteiger partial charge in [-0.15, -0.1) is 0 Å². The van der Waals surface area contributed by atoms with E-state index in [4.69, 9.17) is 0 Å². The van der Waals surface area contributed by atoms with E-state index >= 15 is 0 Å². The van der Waals surface area contributed by atoms with Crippen LogP contribution in [0.15, 0.2) is 11.8 Å². The largest absolute Gasteiger partial charge is 0.373 e. The van der Waals surface area contributed by atoms with Gasteiger partial charge < -0.3 is 4.90 Å².